The molecule has 0 bridgehead atoms. The van der Waals surface area contributed by atoms with E-state index < -0.39 is 0 Å². The molecular formula is C8H10INO. The quantitative estimate of drug-likeness (QED) is 0.825. The van der Waals surface area contributed by atoms with Gasteiger partial charge in [-0.25, -0.2) is 0 Å². The van der Waals surface area contributed by atoms with Gasteiger partial charge in [-0.05, 0) is 40.3 Å². The van der Waals surface area contributed by atoms with Crippen molar-refractivity contribution in [3.8, 4) is 5.75 Å². The molecule has 0 heterocycles. The third-order valence-corrected chi connectivity index (χ3v) is 2.34. The van der Waals surface area contributed by atoms with Gasteiger partial charge in [0.25, 0.3) is 0 Å². The molecule has 0 atom stereocenters. The van der Waals surface area contributed by atoms with Crippen LogP contribution in [-0.4, -0.2) is 7.11 Å². The topological polar surface area (TPSA) is 35.2 Å². The molecule has 60 valence electrons. The first-order valence-electron chi connectivity index (χ1n) is 3.30. The third kappa shape index (κ3) is 2.07. The van der Waals surface area contributed by atoms with E-state index in [0.717, 1.165) is 14.9 Å². The van der Waals surface area contributed by atoms with Crippen molar-refractivity contribution in [3.63, 3.8) is 0 Å². The molecule has 0 unspecified atom stereocenters. The zero-order valence-electron chi connectivity index (χ0n) is 6.30. The van der Waals surface area contributed by atoms with Crippen molar-refractivity contribution in [2.24, 2.45) is 5.73 Å². The summed E-state index contributed by atoms with van der Waals surface area (Å²) in [7, 11) is 1.66. The van der Waals surface area contributed by atoms with E-state index >= 15 is 0 Å². The average Bonchev–Trinajstić information content (AvgIpc) is 2.05. The van der Waals surface area contributed by atoms with Crippen LogP contribution in [0.5, 0.6) is 5.75 Å². The van der Waals surface area contributed by atoms with Crippen LogP contribution in [0.3, 0.4) is 0 Å². The van der Waals surface area contributed by atoms with Crippen molar-refractivity contribution in [2.75, 3.05) is 7.11 Å². The van der Waals surface area contributed by atoms with Gasteiger partial charge in [0.1, 0.15) is 5.75 Å². The van der Waals surface area contributed by atoms with E-state index in [1.54, 1.807) is 7.11 Å². The number of hydrogen-bond donors (Lipinski definition) is 1. The Hall–Kier alpha value is -0.290. The molecule has 2 N–H and O–H groups in total. The van der Waals surface area contributed by atoms with Gasteiger partial charge in [-0.3, -0.25) is 0 Å². The lowest BCUT2D eigenvalue weighted by molar-refractivity contribution is 0.411. The van der Waals surface area contributed by atoms with E-state index in [0.29, 0.717) is 6.54 Å². The Kier molecular flexibility index (Phi) is 3.14. The second-order valence-electron chi connectivity index (χ2n) is 2.17. The first kappa shape index (κ1) is 8.80. The van der Waals surface area contributed by atoms with Crippen LogP contribution in [0, 0.1) is 3.57 Å². The highest BCUT2D eigenvalue weighted by atomic mass is 127. The van der Waals surface area contributed by atoms with Gasteiger partial charge in [-0.2, -0.15) is 0 Å². The minimum absolute atomic E-state index is 0.563. The fourth-order valence-electron chi connectivity index (χ4n) is 0.831. The number of methoxy groups -OCH3 is 1. The molecule has 3 heteroatoms. The van der Waals surface area contributed by atoms with Gasteiger partial charge in [0, 0.05) is 6.54 Å². The average molecular weight is 263 g/mol. The molecule has 0 radical (unpaired) electrons. The maximum atomic E-state index is 5.47. The van der Waals surface area contributed by atoms with Crippen molar-refractivity contribution in [3.05, 3.63) is 27.3 Å². The lowest BCUT2D eigenvalue weighted by Crippen LogP contribution is -1.97. The fourth-order valence-corrected chi connectivity index (χ4v) is 1.39. The molecule has 0 saturated carbocycles. The molecule has 1 aromatic rings. The first-order chi connectivity index (χ1) is 5.27. The summed E-state index contributed by atoms with van der Waals surface area (Å²) < 4.78 is 6.24. The second-order valence-corrected chi connectivity index (χ2v) is 3.34. The van der Waals surface area contributed by atoms with E-state index in [1.165, 1.54) is 0 Å². The summed E-state index contributed by atoms with van der Waals surface area (Å²) in [5, 5.41) is 0. The third-order valence-electron chi connectivity index (χ3n) is 1.45. The van der Waals surface area contributed by atoms with Crippen LogP contribution in [-0.2, 0) is 6.54 Å². The first-order valence-corrected chi connectivity index (χ1v) is 4.38. The van der Waals surface area contributed by atoms with Crippen molar-refractivity contribution in [1.82, 2.24) is 0 Å². The van der Waals surface area contributed by atoms with Gasteiger partial charge in [0.15, 0.2) is 0 Å². The Labute approximate surface area is 79.9 Å². The van der Waals surface area contributed by atoms with Crippen LogP contribution in [0.25, 0.3) is 0 Å². The largest absolute Gasteiger partial charge is 0.496 e. The van der Waals surface area contributed by atoms with Gasteiger partial charge < -0.3 is 10.5 Å². The molecule has 2 nitrogen and oxygen atoms in total. The molecule has 0 aliphatic heterocycles. The smallest absolute Gasteiger partial charge is 0.132 e. The summed E-state index contributed by atoms with van der Waals surface area (Å²) in [6, 6.07) is 5.97. The molecule has 1 aromatic carbocycles. The van der Waals surface area contributed by atoms with Crippen LogP contribution in [0.4, 0.5) is 0 Å². The van der Waals surface area contributed by atoms with Gasteiger partial charge in [-0.1, -0.05) is 6.07 Å². The Balaban J connectivity index is 3.02. The van der Waals surface area contributed by atoms with E-state index in [2.05, 4.69) is 22.6 Å². The zero-order chi connectivity index (χ0) is 8.27. The molecule has 0 saturated heterocycles. The zero-order valence-corrected chi connectivity index (χ0v) is 8.46. The lowest BCUT2D eigenvalue weighted by Gasteiger charge is -2.04. The summed E-state index contributed by atoms with van der Waals surface area (Å²) >= 11 is 2.23. The molecule has 0 aliphatic carbocycles. The van der Waals surface area contributed by atoms with Crippen LogP contribution in [0.1, 0.15) is 5.56 Å². The molecule has 0 aliphatic rings. The predicted octanol–water partition coefficient (Wildman–Crippen LogP) is 1.76. The van der Waals surface area contributed by atoms with Crippen LogP contribution in [0.15, 0.2) is 18.2 Å². The van der Waals surface area contributed by atoms with Crippen LogP contribution in [0.2, 0.25) is 0 Å². The molecule has 11 heavy (non-hydrogen) atoms. The molecule has 0 fully saturated rings. The lowest BCUT2D eigenvalue weighted by atomic mass is 10.2. The Bertz CT molecular complexity index is 250. The van der Waals surface area contributed by atoms with Crippen molar-refractivity contribution < 1.29 is 4.74 Å². The Morgan fingerprint density at radius 1 is 1.55 bits per heavy atom. The molecule has 1 rings (SSSR count). The van der Waals surface area contributed by atoms with Gasteiger partial charge >= 0.3 is 0 Å². The SMILES string of the molecule is COc1cc(CN)ccc1I. The summed E-state index contributed by atoms with van der Waals surface area (Å²) in [5.41, 5.74) is 6.56. The summed E-state index contributed by atoms with van der Waals surface area (Å²) in [6.07, 6.45) is 0. The summed E-state index contributed by atoms with van der Waals surface area (Å²) in [6.45, 7) is 0.563. The number of halogens is 1. The molecular weight excluding hydrogens is 253 g/mol. The van der Waals surface area contributed by atoms with Gasteiger partial charge in [0.2, 0.25) is 0 Å². The second kappa shape index (κ2) is 3.92. The standard InChI is InChI=1S/C8H10INO/c1-11-8-4-6(5-10)2-3-7(8)9/h2-4H,5,10H2,1H3. The summed E-state index contributed by atoms with van der Waals surface area (Å²) in [4.78, 5) is 0. The fraction of sp³-hybridized carbons (Fsp3) is 0.250. The summed E-state index contributed by atoms with van der Waals surface area (Å²) in [5.74, 6) is 0.897. The highest BCUT2D eigenvalue weighted by molar-refractivity contribution is 14.1. The number of hydrogen-bond acceptors (Lipinski definition) is 2. The maximum Gasteiger partial charge on any atom is 0.132 e. The van der Waals surface area contributed by atoms with Gasteiger partial charge in [-0.15, -0.1) is 0 Å². The van der Waals surface area contributed by atoms with E-state index in [9.17, 15) is 0 Å². The predicted molar refractivity (Wildman–Crippen MR) is 53.6 cm³/mol. The number of nitrogens with two attached hydrogens (primary N) is 1. The Morgan fingerprint density at radius 3 is 2.82 bits per heavy atom. The van der Waals surface area contributed by atoms with Crippen LogP contribution < -0.4 is 10.5 Å². The number of rotatable bonds is 2. The maximum absolute atomic E-state index is 5.47. The highest BCUT2D eigenvalue weighted by Crippen LogP contribution is 2.21. The number of ether oxygens (including phenoxy) is 1. The van der Waals surface area contributed by atoms with Crippen LogP contribution >= 0.6 is 22.6 Å². The van der Waals surface area contributed by atoms with Gasteiger partial charge in [0.05, 0.1) is 10.7 Å². The Morgan fingerprint density at radius 2 is 2.27 bits per heavy atom. The van der Waals surface area contributed by atoms with E-state index in [-0.39, 0.29) is 0 Å². The number of benzene rings is 1. The molecule has 0 aromatic heterocycles. The monoisotopic (exact) mass is 263 g/mol. The minimum atomic E-state index is 0.563. The van der Waals surface area contributed by atoms with E-state index in [1.807, 2.05) is 18.2 Å². The van der Waals surface area contributed by atoms with Crippen molar-refractivity contribution in [1.29, 1.82) is 0 Å². The molecule has 0 amide bonds. The normalized spacial score (nSPS) is 9.73. The van der Waals surface area contributed by atoms with Crippen molar-refractivity contribution in [2.45, 2.75) is 6.54 Å². The highest BCUT2D eigenvalue weighted by Gasteiger charge is 1.98. The molecule has 0 spiro atoms. The minimum Gasteiger partial charge on any atom is -0.496 e. The van der Waals surface area contributed by atoms with Crippen molar-refractivity contribution >= 4 is 22.6 Å². The van der Waals surface area contributed by atoms with E-state index in [4.69, 9.17) is 10.5 Å².